The number of non-ortho nitro benzene ring substituents is 1. The molecular formula is C17H22N2O6. The lowest BCUT2D eigenvalue weighted by atomic mass is 9.63. The van der Waals surface area contributed by atoms with Gasteiger partial charge >= 0.3 is 5.97 Å². The quantitative estimate of drug-likeness (QED) is 0.623. The number of hydrogen-bond acceptors (Lipinski definition) is 5. The van der Waals surface area contributed by atoms with Gasteiger partial charge in [0.2, 0.25) is 0 Å². The molecular weight excluding hydrogens is 328 g/mol. The van der Waals surface area contributed by atoms with Crippen molar-refractivity contribution in [3.63, 3.8) is 0 Å². The summed E-state index contributed by atoms with van der Waals surface area (Å²) < 4.78 is 5.66. The van der Waals surface area contributed by atoms with Crippen molar-refractivity contribution in [2.24, 2.45) is 5.41 Å². The number of ether oxygens (including phenoxy) is 1. The van der Waals surface area contributed by atoms with Gasteiger partial charge in [-0.05, 0) is 19.4 Å². The molecule has 1 aliphatic rings. The molecule has 1 amide bonds. The van der Waals surface area contributed by atoms with Gasteiger partial charge in [0.1, 0.15) is 0 Å². The van der Waals surface area contributed by atoms with Crippen LogP contribution in [0.3, 0.4) is 0 Å². The van der Waals surface area contributed by atoms with E-state index in [9.17, 15) is 19.7 Å². The van der Waals surface area contributed by atoms with Crippen LogP contribution in [0.1, 0.15) is 47.9 Å². The SMILES string of the molecule is CCOC1CC(N(C)C(=O)c2cc(C(=O)O)cc([N+](=O)[O-])c2)C1(C)C. The van der Waals surface area contributed by atoms with Gasteiger partial charge in [0.25, 0.3) is 11.6 Å². The lowest BCUT2D eigenvalue weighted by Crippen LogP contribution is -2.62. The van der Waals surface area contributed by atoms with Gasteiger partial charge in [-0.25, -0.2) is 4.79 Å². The highest BCUT2D eigenvalue weighted by Gasteiger charge is 2.51. The highest BCUT2D eigenvalue weighted by atomic mass is 16.6. The molecule has 1 N–H and O–H groups in total. The Labute approximate surface area is 145 Å². The summed E-state index contributed by atoms with van der Waals surface area (Å²) in [6.45, 7) is 6.50. The Morgan fingerprint density at radius 1 is 1.36 bits per heavy atom. The normalized spacial score (nSPS) is 21.3. The maximum absolute atomic E-state index is 12.8. The molecule has 1 fully saturated rings. The number of hydrogen-bond donors (Lipinski definition) is 1. The van der Waals surface area contributed by atoms with E-state index in [1.807, 2.05) is 20.8 Å². The van der Waals surface area contributed by atoms with Gasteiger partial charge in [-0.2, -0.15) is 0 Å². The van der Waals surface area contributed by atoms with Gasteiger partial charge in [0.05, 0.1) is 16.6 Å². The van der Waals surface area contributed by atoms with Crippen molar-refractivity contribution >= 4 is 17.6 Å². The van der Waals surface area contributed by atoms with E-state index >= 15 is 0 Å². The third kappa shape index (κ3) is 3.48. The molecule has 0 radical (unpaired) electrons. The van der Waals surface area contributed by atoms with Gasteiger partial charge in [-0.15, -0.1) is 0 Å². The van der Waals surface area contributed by atoms with Crippen LogP contribution in [-0.4, -0.2) is 52.6 Å². The summed E-state index contributed by atoms with van der Waals surface area (Å²) in [5.74, 6) is -1.76. The third-order valence-electron chi connectivity index (χ3n) is 4.90. The lowest BCUT2D eigenvalue weighted by molar-refractivity contribution is -0.384. The summed E-state index contributed by atoms with van der Waals surface area (Å²) in [7, 11) is 1.62. The van der Waals surface area contributed by atoms with E-state index in [1.54, 1.807) is 7.05 Å². The van der Waals surface area contributed by atoms with Crippen molar-refractivity contribution in [2.45, 2.75) is 39.3 Å². The predicted octanol–water partition coefficient (Wildman–Crippen LogP) is 2.57. The molecule has 1 aliphatic carbocycles. The fourth-order valence-electron chi connectivity index (χ4n) is 3.31. The molecule has 8 nitrogen and oxygen atoms in total. The van der Waals surface area contributed by atoms with Crippen molar-refractivity contribution in [1.82, 2.24) is 4.90 Å². The first-order chi connectivity index (χ1) is 11.6. The number of nitro benzene ring substituents is 1. The number of benzene rings is 1. The molecule has 0 spiro atoms. The minimum absolute atomic E-state index is 0.00948. The first kappa shape index (κ1) is 18.9. The van der Waals surface area contributed by atoms with Gasteiger partial charge < -0.3 is 14.7 Å². The van der Waals surface area contributed by atoms with E-state index in [0.717, 1.165) is 12.1 Å². The van der Waals surface area contributed by atoms with E-state index in [4.69, 9.17) is 9.84 Å². The average molecular weight is 350 g/mol. The fraction of sp³-hybridized carbons (Fsp3) is 0.529. The van der Waals surface area contributed by atoms with Crippen molar-refractivity contribution in [1.29, 1.82) is 0 Å². The molecule has 8 heteroatoms. The zero-order valence-corrected chi connectivity index (χ0v) is 14.7. The zero-order valence-electron chi connectivity index (χ0n) is 14.7. The Hall–Kier alpha value is -2.48. The second-order valence-corrected chi connectivity index (χ2v) is 6.76. The highest BCUT2D eigenvalue weighted by Crippen LogP contribution is 2.45. The monoisotopic (exact) mass is 350 g/mol. The molecule has 1 saturated carbocycles. The number of nitrogens with zero attached hydrogens (tertiary/aromatic N) is 2. The fourth-order valence-corrected chi connectivity index (χ4v) is 3.31. The van der Waals surface area contributed by atoms with Crippen LogP contribution in [0.2, 0.25) is 0 Å². The van der Waals surface area contributed by atoms with Crippen LogP contribution in [0.15, 0.2) is 18.2 Å². The van der Waals surface area contributed by atoms with Crippen molar-refractivity contribution in [3.8, 4) is 0 Å². The van der Waals surface area contributed by atoms with Gasteiger partial charge in [-0.3, -0.25) is 14.9 Å². The third-order valence-corrected chi connectivity index (χ3v) is 4.90. The molecule has 1 aromatic carbocycles. The number of carbonyl (C=O) groups is 2. The Bertz CT molecular complexity index is 683. The molecule has 0 heterocycles. The smallest absolute Gasteiger partial charge is 0.335 e. The highest BCUT2D eigenvalue weighted by molar-refractivity contribution is 5.98. The topological polar surface area (TPSA) is 110 Å². The van der Waals surface area contributed by atoms with Crippen LogP contribution in [-0.2, 0) is 4.74 Å². The van der Waals surface area contributed by atoms with Crippen molar-refractivity contribution < 1.29 is 24.4 Å². The summed E-state index contributed by atoms with van der Waals surface area (Å²) in [6, 6.07) is 3.12. The van der Waals surface area contributed by atoms with E-state index < -0.39 is 22.5 Å². The summed E-state index contributed by atoms with van der Waals surface area (Å²) in [6.07, 6.45) is 0.710. The van der Waals surface area contributed by atoms with Crippen LogP contribution in [0.25, 0.3) is 0 Å². The average Bonchev–Trinajstić information content (AvgIpc) is 2.56. The summed E-state index contributed by atoms with van der Waals surface area (Å²) >= 11 is 0. The molecule has 2 unspecified atom stereocenters. The number of carbonyl (C=O) groups excluding carboxylic acids is 1. The standard InChI is InChI=1S/C17H22N2O6/c1-5-25-14-9-13(17(14,2)3)18(4)15(20)10-6-11(16(21)22)8-12(7-10)19(23)24/h6-8,13-14H,5,9H2,1-4H3,(H,21,22). The van der Waals surface area contributed by atoms with Gasteiger partial charge in [-0.1, -0.05) is 13.8 Å². The summed E-state index contributed by atoms with van der Waals surface area (Å²) in [5.41, 5.74) is -0.969. The second kappa shape index (κ2) is 6.79. The van der Waals surface area contributed by atoms with E-state index in [1.165, 1.54) is 11.0 Å². The first-order valence-electron chi connectivity index (χ1n) is 8.01. The Morgan fingerprint density at radius 3 is 2.44 bits per heavy atom. The number of aromatic carboxylic acids is 1. The molecule has 1 aromatic rings. The zero-order chi connectivity index (χ0) is 18.9. The number of nitro groups is 1. The van der Waals surface area contributed by atoms with E-state index in [-0.39, 0.29) is 28.7 Å². The number of carboxylic acids is 1. The maximum Gasteiger partial charge on any atom is 0.335 e. The number of rotatable bonds is 6. The predicted molar refractivity (Wildman–Crippen MR) is 89.7 cm³/mol. The molecule has 0 bridgehead atoms. The van der Waals surface area contributed by atoms with Crippen molar-refractivity contribution in [2.75, 3.05) is 13.7 Å². The Morgan fingerprint density at radius 2 is 1.96 bits per heavy atom. The van der Waals surface area contributed by atoms with E-state index in [0.29, 0.717) is 13.0 Å². The molecule has 136 valence electrons. The van der Waals surface area contributed by atoms with E-state index in [2.05, 4.69) is 0 Å². The number of amides is 1. The first-order valence-corrected chi connectivity index (χ1v) is 8.01. The van der Waals surface area contributed by atoms with Gasteiger partial charge in [0, 0.05) is 42.8 Å². The molecule has 0 saturated heterocycles. The summed E-state index contributed by atoms with van der Waals surface area (Å²) in [4.78, 5) is 35.7. The number of carboxylic acid groups (broad SMARTS) is 1. The Kier molecular flexibility index (Phi) is 5.12. The molecule has 0 aromatic heterocycles. The molecule has 25 heavy (non-hydrogen) atoms. The summed E-state index contributed by atoms with van der Waals surface area (Å²) in [5, 5.41) is 20.1. The van der Waals surface area contributed by atoms with Crippen LogP contribution in [0, 0.1) is 15.5 Å². The van der Waals surface area contributed by atoms with Crippen LogP contribution >= 0.6 is 0 Å². The minimum atomic E-state index is -1.32. The van der Waals surface area contributed by atoms with Crippen LogP contribution in [0.5, 0.6) is 0 Å². The minimum Gasteiger partial charge on any atom is -0.478 e. The molecule has 2 atom stereocenters. The molecule has 2 rings (SSSR count). The van der Waals surface area contributed by atoms with Gasteiger partial charge in [0.15, 0.2) is 0 Å². The van der Waals surface area contributed by atoms with Crippen LogP contribution in [0.4, 0.5) is 5.69 Å². The largest absolute Gasteiger partial charge is 0.478 e. The molecule has 0 aliphatic heterocycles. The Balaban J connectivity index is 2.28. The second-order valence-electron chi connectivity index (χ2n) is 6.76. The van der Waals surface area contributed by atoms with Crippen LogP contribution < -0.4 is 0 Å². The lowest BCUT2D eigenvalue weighted by Gasteiger charge is -2.54. The maximum atomic E-state index is 12.8. The van der Waals surface area contributed by atoms with Crippen molar-refractivity contribution in [3.05, 3.63) is 39.4 Å².